The third-order valence-electron chi connectivity index (χ3n) is 3.41. The summed E-state index contributed by atoms with van der Waals surface area (Å²) in [5, 5.41) is 15.5. The van der Waals surface area contributed by atoms with Crippen LogP contribution >= 0.6 is 11.8 Å². The van der Waals surface area contributed by atoms with Crippen molar-refractivity contribution in [1.82, 2.24) is 16.0 Å². The molecule has 10 N–H and O–H groups in total. The van der Waals surface area contributed by atoms with E-state index < -0.39 is 48.9 Å². The second-order valence-electron chi connectivity index (χ2n) is 5.79. The molecule has 0 saturated heterocycles. The van der Waals surface area contributed by atoms with Gasteiger partial charge in [-0.1, -0.05) is 0 Å². The van der Waals surface area contributed by atoms with E-state index >= 15 is 0 Å². The van der Waals surface area contributed by atoms with Gasteiger partial charge < -0.3 is 38.3 Å². The Kier molecular flexibility index (Phi) is 13.2. The van der Waals surface area contributed by atoms with Crippen LogP contribution in [0.3, 0.4) is 0 Å². The average Bonchev–Trinajstić information content (AvgIpc) is 2.64. The molecule has 0 radical (unpaired) electrons. The SMILES string of the molecule is CSCCC(N)C(=O)NC(CCCN=C(N)N)C(=O)NCC(=O)NCC(=O)O. The highest BCUT2D eigenvalue weighted by Gasteiger charge is 2.23. The first-order valence-electron chi connectivity index (χ1n) is 8.53. The van der Waals surface area contributed by atoms with Crippen LogP contribution in [0.5, 0.6) is 0 Å². The average molecular weight is 420 g/mol. The summed E-state index contributed by atoms with van der Waals surface area (Å²) < 4.78 is 0. The molecule has 0 spiro atoms. The topological polar surface area (TPSA) is 215 Å². The number of nitrogens with two attached hydrogens (primary N) is 3. The summed E-state index contributed by atoms with van der Waals surface area (Å²) in [5.41, 5.74) is 16.3. The molecule has 160 valence electrons. The van der Waals surface area contributed by atoms with Gasteiger partial charge in [0.25, 0.3) is 0 Å². The number of amides is 3. The van der Waals surface area contributed by atoms with Gasteiger partial charge in [-0.2, -0.15) is 11.8 Å². The van der Waals surface area contributed by atoms with Crippen molar-refractivity contribution in [2.24, 2.45) is 22.2 Å². The normalized spacial score (nSPS) is 12.4. The Hall–Kier alpha value is -2.54. The predicted octanol–water partition coefficient (Wildman–Crippen LogP) is -3.08. The molecular weight excluding hydrogens is 390 g/mol. The van der Waals surface area contributed by atoms with E-state index in [0.717, 1.165) is 0 Å². The fourth-order valence-electron chi connectivity index (χ4n) is 1.95. The summed E-state index contributed by atoms with van der Waals surface area (Å²) >= 11 is 1.55. The van der Waals surface area contributed by atoms with Crippen LogP contribution in [0.4, 0.5) is 0 Å². The summed E-state index contributed by atoms with van der Waals surface area (Å²) in [4.78, 5) is 50.3. The van der Waals surface area contributed by atoms with E-state index in [0.29, 0.717) is 18.6 Å². The Morgan fingerprint density at radius 2 is 1.75 bits per heavy atom. The number of carbonyl (C=O) groups is 4. The van der Waals surface area contributed by atoms with Gasteiger partial charge in [-0.25, -0.2) is 0 Å². The lowest BCUT2D eigenvalue weighted by Crippen LogP contribution is -2.53. The minimum absolute atomic E-state index is 0.0840. The number of aliphatic carboxylic acids is 1. The zero-order valence-corrected chi connectivity index (χ0v) is 16.6. The van der Waals surface area contributed by atoms with Gasteiger partial charge in [0.05, 0.1) is 12.6 Å². The maximum atomic E-state index is 12.3. The van der Waals surface area contributed by atoms with E-state index in [9.17, 15) is 19.2 Å². The summed E-state index contributed by atoms with van der Waals surface area (Å²) in [5.74, 6) is -2.34. The highest BCUT2D eigenvalue weighted by molar-refractivity contribution is 7.98. The molecule has 0 aliphatic heterocycles. The van der Waals surface area contributed by atoms with E-state index in [-0.39, 0.29) is 18.9 Å². The molecule has 0 aliphatic carbocycles. The number of hydrogen-bond acceptors (Lipinski definition) is 7. The zero-order chi connectivity index (χ0) is 21.5. The molecule has 0 aromatic heterocycles. The number of nitrogens with zero attached hydrogens (tertiary/aromatic N) is 1. The second kappa shape index (κ2) is 14.5. The Balaban J connectivity index is 4.73. The quantitative estimate of drug-likeness (QED) is 0.0861. The van der Waals surface area contributed by atoms with E-state index in [1.165, 1.54) is 0 Å². The van der Waals surface area contributed by atoms with Crippen molar-refractivity contribution in [3.63, 3.8) is 0 Å². The maximum absolute atomic E-state index is 12.3. The van der Waals surface area contributed by atoms with Gasteiger partial charge in [0.2, 0.25) is 17.7 Å². The lowest BCUT2D eigenvalue weighted by Gasteiger charge is -2.20. The first-order chi connectivity index (χ1) is 13.2. The van der Waals surface area contributed by atoms with Gasteiger partial charge in [0.15, 0.2) is 5.96 Å². The highest BCUT2D eigenvalue weighted by atomic mass is 32.2. The van der Waals surface area contributed by atoms with Crippen molar-refractivity contribution in [2.75, 3.05) is 31.6 Å². The molecule has 3 amide bonds. The Labute approximate surface area is 167 Å². The van der Waals surface area contributed by atoms with E-state index in [4.69, 9.17) is 22.3 Å². The molecule has 0 rings (SSSR count). The number of guanidine groups is 1. The molecule has 2 unspecified atom stereocenters. The van der Waals surface area contributed by atoms with Crippen LogP contribution in [-0.2, 0) is 19.2 Å². The first kappa shape index (κ1) is 25.5. The molecule has 28 heavy (non-hydrogen) atoms. The van der Waals surface area contributed by atoms with Gasteiger partial charge in [0.1, 0.15) is 12.6 Å². The maximum Gasteiger partial charge on any atom is 0.322 e. The van der Waals surface area contributed by atoms with Crippen molar-refractivity contribution >= 4 is 41.4 Å². The van der Waals surface area contributed by atoms with E-state index in [1.54, 1.807) is 11.8 Å². The second-order valence-corrected chi connectivity index (χ2v) is 6.77. The molecular formula is C15H29N7O5S. The Morgan fingerprint density at radius 1 is 1.07 bits per heavy atom. The fraction of sp³-hybridized carbons (Fsp3) is 0.667. The molecule has 0 bridgehead atoms. The van der Waals surface area contributed by atoms with Crippen LogP contribution < -0.4 is 33.2 Å². The monoisotopic (exact) mass is 419 g/mol. The fourth-order valence-corrected chi connectivity index (χ4v) is 2.44. The van der Waals surface area contributed by atoms with Crippen molar-refractivity contribution in [3.8, 4) is 0 Å². The number of rotatable bonds is 14. The summed E-state index contributed by atoms with van der Waals surface area (Å²) in [7, 11) is 0. The summed E-state index contributed by atoms with van der Waals surface area (Å²) in [6.07, 6.45) is 2.97. The van der Waals surface area contributed by atoms with Crippen LogP contribution in [0.2, 0.25) is 0 Å². The molecule has 0 heterocycles. The summed E-state index contributed by atoms with van der Waals surface area (Å²) in [6, 6.07) is -1.70. The van der Waals surface area contributed by atoms with E-state index in [2.05, 4.69) is 20.9 Å². The number of thioether (sulfide) groups is 1. The highest BCUT2D eigenvalue weighted by Crippen LogP contribution is 2.02. The Bertz CT molecular complexity index is 569. The number of nitrogens with one attached hydrogen (secondary N) is 3. The number of carboxylic acid groups (broad SMARTS) is 1. The predicted molar refractivity (Wildman–Crippen MR) is 106 cm³/mol. The van der Waals surface area contributed by atoms with Gasteiger partial charge in [-0.3, -0.25) is 24.2 Å². The van der Waals surface area contributed by atoms with Gasteiger partial charge >= 0.3 is 5.97 Å². The van der Waals surface area contributed by atoms with Crippen LogP contribution in [0.1, 0.15) is 19.3 Å². The number of carbonyl (C=O) groups excluding carboxylic acids is 3. The molecule has 0 aliphatic rings. The lowest BCUT2D eigenvalue weighted by atomic mass is 10.1. The molecule has 13 heteroatoms. The van der Waals surface area contributed by atoms with Gasteiger partial charge in [-0.15, -0.1) is 0 Å². The Morgan fingerprint density at radius 3 is 2.32 bits per heavy atom. The minimum atomic E-state index is -1.20. The van der Waals surface area contributed by atoms with Crippen LogP contribution in [0.25, 0.3) is 0 Å². The largest absolute Gasteiger partial charge is 0.480 e. The molecule has 0 fully saturated rings. The molecule has 0 aromatic carbocycles. The molecule has 2 atom stereocenters. The third-order valence-corrected chi connectivity index (χ3v) is 4.05. The van der Waals surface area contributed by atoms with Crippen molar-refractivity contribution in [2.45, 2.75) is 31.3 Å². The zero-order valence-electron chi connectivity index (χ0n) is 15.8. The standard InChI is InChI=1S/C15H29N7O5S/c1-28-6-4-9(16)13(26)22-10(3-2-5-19-15(17)18)14(27)21-7-11(23)20-8-12(24)25/h9-10H,2-8,16H2,1H3,(H,20,23)(H,21,27)(H,22,26)(H,24,25)(H4,17,18,19). The minimum Gasteiger partial charge on any atom is -0.480 e. The van der Waals surface area contributed by atoms with E-state index in [1.807, 2.05) is 6.26 Å². The smallest absolute Gasteiger partial charge is 0.322 e. The lowest BCUT2D eigenvalue weighted by molar-refractivity contribution is -0.138. The summed E-state index contributed by atoms with van der Waals surface area (Å²) in [6.45, 7) is -0.720. The van der Waals surface area contributed by atoms with Crippen molar-refractivity contribution in [3.05, 3.63) is 0 Å². The number of carboxylic acids is 1. The van der Waals surface area contributed by atoms with Gasteiger partial charge in [0, 0.05) is 6.54 Å². The van der Waals surface area contributed by atoms with Crippen molar-refractivity contribution < 1.29 is 24.3 Å². The number of hydrogen-bond donors (Lipinski definition) is 7. The van der Waals surface area contributed by atoms with Crippen molar-refractivity contribution in [1.29, 1.82) is 0 Å². The molecule has 0 saturated carbocycles. The molecule has 12 nitrogen and oxygen atoms in total. The van der Waals surface area contributed by atoms with Crippen LogP contribution in [-0.4, -0.2) is 78.5 Å². The van der Waals surface area contributed by atoms with Gasteiger partial charge in [-0.05, 0) is 31.3 Å². The van der Waals surface area contributed by atoms with Crippen LogP contribution in [0.15, 0.2) is 4.99 Å². The molecule has 0 aromatic rings. The number of aliphatic imine (C=N–C) groups is 1. The van der Waals surface area contributed by atoms with Crippen LogP contribution in [0, 0.1) is 0 Å². The third kappa shape index (κ3) is 12.8. The first-order valence-corrected chi connectivity index (χ1v) is 9.93.